The fraction of sp³-hybridized carbons (Fsp3) is 1.00. The van der Waals surface area contributed by atoms with Crippen molar-refractivity contribution in [1.82, 2.24) is 5.32 Å². The summed E-state index contributed by atoms with van der Waals surface area (Å²) < 4.78 is 0. The van der Waals surface area contributed by atoms with Gasteiger partial charge in [0.15, 0.2) is 0 Å². The first-order valence-electron chi connectivity index (χ1n) is 7.37. The highest BCUT2D eigenvalue weighted by Gasteiger charge is 2.23. The van der Waals surface area contributed by atoms with Gasteiger partial charge in [-0.3, -0.25) is 0 Å². The Balaban J connectivity index is 0. The van der Waals surface area contributed by atoms with Gasteiger partial charge in [0.2, 0.25) is 0 Å². The van der Waals surface area contributed by atoms with E-state index in [1.165, 1.54) is 38.8 Å². The molecule has 1 aliphatic rings. The summed E-state index contributed by atoms with van der Waals surface area (Å²) in [6.45, 7) is 17.5. The molecule has 0 aromatic rings. The highest BCUT2D eigenvalue weighted by atomic mass is 14.9. The van der Waals surface area contributed by atoms with Crippen LogP contribution in [0.5, 0.6) is 0 Å². The van der Waals surface area contributed by atoms with Crippen LogP contribution in [-0.2, 0) is 0 Å². The zero-order valence-corrected chi connectivity index (χ0v) is 12.8. The van der Waals surface area contributed by atoms with Crippen molar-refractivity contribution in [3.8, 4) is 0 Å². The Morgan fingerprint density at radius 1 is 1.12 bits per heavy atom. The number of hydrogen-bond acceptors (Lipinski definition) is 1. The summed E-state index contributed by atoms with van der Waals surface area (Å²) in [5, 5.41) is 3.56. The summed E-state index contributed by atoms with van der Waals surface area (Å²) in [6, 6.07) is 0. The van der Waals surface area contributed by atoms with Crippen molar-refractivity contribution in [3.05, 3.63) is 0 Å². The molecule has 0 aromatic carbocycles. The second-order valence-electron chi connectivity index (χ2n) is 4.77. The van der Waals surface area contributed by atoms with E-state index < -0.39 is 0 Å². The number of nitrogens with one attached hydrogen (secondary N) is 1. The lowest BCUT2D eigenvalue weighted by atomic mass is 9.79. The van der Waals surface area contributed by atoms with Crippen LogP contribution in [0.2, 0.25) is 0 Å². The Morgan fingerprint density at radius 2 is 1.69 bits per heavy atom. The Bertz CT molecular complexity index is 133. The lowest BCUT2D eigenvalue weighted by molar-refractivity contribution is 0.222. The first kappa shape index (κ1) is 18.3. The first-order valence-corrected chi connectivity index (χ1v) is 7.37. The van der Waals surface area contributed by atoms with Gasteiger partial charge in [-0.05, 0) is 37.1 Å². The molecule has 0 bridgehead atoms. The predicted octanol–water partition coefficient (Wildman–Crippen LogP) is 4.86. The molecule has 1 aliphatic heterocycles. The molecule has 2 unspecified atom stereocenters. The maximum Gasteiger partial charge on any atom is 0.000506 e. The molecule has 0 amide bonds. The molecule has 0 spiro atoms. The van der Waals surface area contributed by atoms with Gasteiger partial charge in [0, 0.05) is 6.54 Å². The molecule has 2 atom stereocenters. The quantitative estimate of drug-likeness (QED) is 0.677. The van der Waals surface area contributed by atoms with Gasteiger partial charge in [-0.2, -0.15) is 0 Å². The van der Waals surface area contributed by atoms with E-state index in [-0.39, 0.29) is 0 Å². The normalized spacial score (nSPS) is 29.8. The molecule has 0 radical (unpaired) electrons. The third kappa shape index (κ3) is 8.15. The molecule has 1 saturated heterocycles. The third-order valence-corrected chi connectivity index (χ3v) is 3.46. The second kappa shape index (κ2) is 11.4. The van der Waals surface area contributed by atoms with E-state index in [2.05, 4.69) is 26.1 Å². The van der Waals surface area contributed by atoms with Gasteiger partial charge in [0.1, 0.15) is 0 Å². The average Bonchev–Trinajstić information content (AvgIpc) is 2.35. The molecule has 1 rings (SSSR count). The molecule has 1 fully saturated rings. The van der Waals surface area contributed by atoms with Crippen LogP contribution in [0.4, 0.5) is 0 Å². The molecular formula is C15H35N. The number of hydrogen-bond donors (Lipinski definition) is 1. The van der Waals surface area contributed by atoms with E-state index in [1.807, 2.05) is 27.7 Å². The van der Waals surface area contributed by atoms with Crippen LogP contribution in [0.15, 0.2) is 0 Å². The molecule has 1 heterocycles. The molecule has 16 heavy (non-hydrogen) atoms. The van der Waals surface area contributed by atoms with Crippen molar-refractivity contribution in [3.63, 3.8) is 0 Å². The van der Waals surface area contributed by atoms with Crippen LogP contribution in [0.25, 0.3) is 0 Å². The fourth-order valence-corrected chi connectivity index (χ4v) is 1.87. The molecule has 1 nitrogen and oxygen atoms in total. The Morgan fingerprint density at radius 3 is 2.19 bits per heavy atom. The van der Waals surface area contributed by atoms with Crippen molar-refractivity contribution < 1.29 is 0 Å². The highest BCUT2D eigenvalue weighted by Crippen LogP contribution is 2.30. The van der Waals surface area contributed by atoms with Gasteiger partial charge in [-0.15, -0.1) is 0 Å². The van der Waals surface area contributed by atoms with Crippen molar-refractivity contribution in [2.75, 3.05) is 13.1 Å². The summed E-state index contributed by atoms with van der Waals surface area (Å²) >= 11 is 0. The number of rotatable bonds is 1. The van der Waals surface area contributed by atoms with Crippen LogP contribution in [0, 0.1) is 11.3 Å². The standard InChI is InChI=1S/C11H23N.2C2H6/c1-4-11(3)7-5-10(2)6-8-12-9-11;2*1-2/h10,12H,4-9H2,1-3H3;2*1-2H3. The van der Waals surface area contributed by atoms with Gasteiger partial charge < -0.3 is 5.32 Å². The fourth-order valence-electron chi connectivity index (χ4n) is 1.87. The van der Waals surface area contributed by atoms with Crippen LogP contribution < -0.4 is 5.32 Å². The summed E-state index contributed by atoms with van der Waals surface area (Å²) in [5.41, 5.74) is 0.564. The van der Waals surface area contributed by atoms with Gasteiger partial charge in [0.05, 0.1) is 0 Å². The minimum Gasteiger partial charge on any atom is -0.316 e. The SMILES string of the molecule is CC.CC.CCC1(C)CCC(C)CCNC1. The van der Waals surface area contributed by atoms with Crippen molar-refractivity contribution >= 4 is 0 Å². The highest BCUT2D eigenvalue weighted by molar-refractivity contribution is 4.78. The second-order valence-corrected chi connectivity index (χ2v) is 4.77. The smallest absolute Gasteiger partial charge is 0.000506 e. The first-order chi connectivity index (χ1) is 7.66. The Hall–Kier alpha value is -0.0400. The Labute approximate surface area is 104 Å². The van der Waals surface area contributed by atoms with E-state index in [1.54, 1.807) is 0 Å². The van der Waals surface area contributed by atoms with Crippen LogP contribution in [-0.4, -0.2) is 13.1 Å². The maximum absolute atomic E-state index is 3.56. The lowest BCUT2D eigenvalue weighted by Crippen LogP contribution is -2.35. The summed E-state index contributed by atoms with van der Waals surface area (Å²) in [4.78, 5) is 0. The van der Waals surface area contributed by atoms with E-state index in [9.17, 15) is 0 Å². The van der Waals surface area contributed by atoms with Crippen molar-refractivity contribution in [1.29, 1.82) is 0 Å². The van der Waals surface area contributed by atoms with E-state index in [4.69, 9.17) is 0 Å². The Kier molecular flexibility index (Phi) is 13.1. The monoisotopic (exact) mass is 229 g/mol. The van der Waals surface area contributed by atoms with E-state index >= 15 is 0 Å². The lowest BCUT2D eigenvalue weighted by Gasteiger charge is -2.32. The molecule has 100 valence electrons. The zero-order chi connectivity index (χ0) is 13.0. The molecule has 0 saturated carbocycles. The molecule has 0 aromatic heterocycles. The summed E-state index contributed by atoms with van der Waals surface area (Å²) in [7, 11) is 0. The topological polar surface area (TPSA) is 12.0 Å². The molecule has 1 N–H and O–H groups in total. The minimum absolute atomic E-state index is 0.564. The minimum atomic E-state index is 0.564. The third-order valence-electron chi connectivity index (χ3n) is 3.46. The zero-order valence-electron chi connectivity index (χ0n) is 12.8. The molecule has 0 aliphatic carbocycles. The van der Waals surface area contributed by atoms with Crippen LogP contribution >= 0.6 is 0 Å². The predicted molar refractivity (Wildman–Crippen MR) is 77.0 cm³/mol. The van der Waals surface area contributed by atoms with Gasteiger partial charge in [-0.25, -0.2) is 0 Å². The summed E-state index contributed by atoms with van der Waals surface area (Å²) in [5.74, 6) is 0.920. The van der Waals surface area contributed by atoms with E-state index in [0.29, 0.717) is 5.41 Å². The van der Waals surface area contributed by atoms with Gasteiger partial charge in [-0.1, -0.05) is 54.9 Å². The van der Waals surface area contributed by atoms with Crippen LogP contribution in [0.1, 0.15) is 74.1 Å². The van der Waals surface area contributed by atoms with Gasteiger partial charge >= 0.3 is 0 Å². The maximum atomic E-state index is 3.56. The van der Waals surface area contributed by atoms with Crippen molar-refractivity contribution in [2.24, 2.45) is 11.3 Å². The van der Waals surface area contributed by atoms with Gasteiger partial charge in [0.25, 0.3) is 0 Å². The van der Waals surface area contributed by atoms with E-state index in [0.717, 1.165) is 5.92 Å². The molecule has 1 heteroatoms. The largest absolute Gasteiger partial charge is 0.316 e. The average molecular weight is 229 g/mol. The summed E-state index contributed by atoms with van der Waals surface area (Å²) in [6.07, 6.45) is 5.50. The molecular weight excluding hydrogens is 194 g/mol. The van der Waals surface area contributed by atoms with Crippen molar-refractivity contribution in [2.45, 2.75) is 74.1 Å². The van der Waals surface area contributed by atoms with Crippen LogP contribution in [0.3, 0.4) is 0 Å².